The Morgan fingerprint density at radius 1 is 1.06 bits per heavy atom. The van der Waals surface area contributed by atoms with Crippen LogP contribution in [0, 0.1) is 13.8 Å². The summed E-state index contributed by atoms with van der Waals surface area (Å²) in [4.78, 5) is 35.5. The molecule has 0 atom stereocenters. The number of carbonyl (C=O) groups excluding carboxylic acids is 3. The molecule has 3 amide bonds. The second kappa shape index (κ2) is 10.4. The number of anilines is 1. The highest BCUT2D eigenvalue weighted by atomic mass is 16.5. The van der Waals surface area contributed by atoms with Crippen molar-refractivity contribution in [2.24, 2.45) is 5.10 Å². The fraction of sp³-hybridized carbons (Fsp3) is 0.304. The predicted molar refractivity (Wildman–Crippen MR) is 120 cm³/mol. The van der Waals surface area contributed by atoms with Crippen LogP contribution in [0.1, 0.15) is 29.5 Å². The summed E-state index contributed by atoms with van der Waals surface area (Å²) in [6, 6.07) is 10.8. The van der Waals surface area contributed by atoms with E-state index >= 15 is 0 Å². The molecule has 32 heavy (non-hydrogen) atoms. The van der Waals surface area contributed by atoms with E-state index in [9.17, 15) is 14.4 Å². The van der Waals surface area contributed by atoms with E-state index in [2.05, 4.69) is 21.2 Å². The van der Waals surface area contributed by atoms with Gasteiger partial charge in [-0.05, 0) is 62.1 Å². The van der Waals surface area contributed by atoms with Crippen molar-refractivity contribution in [3.8, 4) is 11.5 Å². The summed E-state index contributed by atoms with van der Waals surface area (Å²) in [7, 11) is 1.48. The smallest absolute Gasteiger partial charge is 0.329 e. The third-order valence-corrected chi connectivity index (χ3v) is 4.70. The molecule has 3 N–H and O–H groups in total. The molecule has 1 fully saturated rings. The van der Waals surface area contributed by atoms with Crippen molar-refractivity contribution in [1.82, 2.24) is 10.7 Å². The van der Waals surface area contributed by atoms with Crippen LogP contribution < -0.4 is 25.5 Å². The van der Waals surface area contributed by atoms with E-state index in [4.69, 9.17) is 9.47 Å². The molecule has 0 spiro atoms. The lowest BCUT2D eigenvalue weighted by molar-refractivity contribution is -0.139. The molecule has 1 saturated carbocycles. The van der Waals surface area contributed by atoms with Crippen LogP contribution in [-0.2, 0) is 14.4 Å². The van der Waals surface area contributed by atoms with Crippen LogP contribution in [-0.4, -0.2) is 43.7 Å². The molecule has 0 aromatic heterocycles. The number of nitrogens with one attached hydrogen (secondary N) is 3. The molecule has 2 aromatic rings. The SMILES string of the molecule is COc1cc(/C=N\NC(=O)C(=O)NC2CC2)ccc1OCC(=O)Nc1ccc(C)cc1C. The van der Waals surface area contributed by atoms with Crippen molar-refractivity contribution in [1.29, 1.82) is 0 Å². The van der Waals surface area contributed by atoms with E-state index in [1.165, 1.54) is 13.3 Å². The average molecular weight is 438 g/mol. The first-order valence-corrected chi connectivity index (χ1v) is 10.2. The standard InChI is InChI=1S/C23H26N4O5/c1-14-4-8-18(15(2)10-14)26-21(28)13-32-19-9-5-16(11-20(19)31-3)12-24-27-23(30)22(29)25-17-6-7-17/h4-5,8-12,17H,6-7,13H2,1-3H3,(H,25,29)(H,26,28)(H,27,30)/b24-12-. The van der Waals surface area contributed by atoms with Gasteiger partial charge in [0.1, 0.15) is 0 Å². The molecular weight excluding hydrogens is 412 g/mol. The summed E-state index contributed by atoms with van der Waals surface area (Å²) < 4.78 is 10.9. The van der Waals surface area contributed by atoms with Gasteiger partial charge in [0.25, 0.3) is 5.91 Å². The second-order valence-corrected chi connectivity index (χ2v) is 7.51. The third kappa shape index (κ3) is 6.56. The lowest BCUT2D eigenvalue weighted by Gasteiger charge is -2.12. The minimum absolute atomic E-state index is 0.0945. The molecule has 0 saturated heterocycles. The number of ether oxygens (including phenoxy) is 2. The van der Waals surface area contributed by atoms with Gasteiger partial charge in [0.15, 0.2) is 18.1 Å². The van der Waals surface area contributed by atoms with Gasteiger partial charge < -0.3 is 20.1 Å². The van der Waals surface area contributed by atoms with Crippen molar-refractivity contribution in [2.45, 2.75) is 32.7 Å². The number of rotatable bonds is 8. The minimum Gasteiger partial charge on any atom is -0.493 e. The Morgan fingerprint density at radius 2 is 1.84 bits per heavy atom. The Bertz CT molecular complexity index is 1050. The number of carbonyl (C=O) groups is 3. The maximum atomic E-state index is 12.2. The first-order valence-electron chi connectivity index (χ1n) is 10.2. The van der Waals surface area contributed by atoms with Gasteiger partial charge in [0.05, 0.1) is 13.3 Å². The van der Waals surface area contributed by atoms with Gasteiger partial charge in [-0.15, -0.1) is 0 Å². The van der Waals surface area contributed by atoms with E-state index in [1.54, 1.807) is 18.2 Å². The zero-order valence-electron chi connectivity index (χ0n) is 18.2. The van der Waals surface area contributed by atoms with Gasteiger partial charge in [-0.3, -0.25) is 14.4 Å². The number of aryl methyl sites for hydroxylation is 2. The van der Waals surface area contributed by atoms with Crippen molar-refractivity contribution >= 4 is 29.6 Å². The fourth-order valence-corrected chi connectivity index (χ4v) is 2.86. The number of hydrazone groups is 1. The highest BCUT2D eigenvalue weighted by molar-refractivity contribution is 6.35. The molecule has 0 bridgehead atoms. The van der Waals surface area contributed by atoms with Gasteiger partial charge in [-0.25, -0.2) is 5.43 Å². The molecule has 9 heteroatoms. The Hall–Kier alpha value is -3.88. The molecule has 0 aliphatic heterocycles. The Balaban J connectivity index is 1.53. The lowest BCUT2D eigenvalue weighted by atomic mass is 10.1. The summed E-state index contributed by atoms with van der Waals surface area (Å²) in [6.45, 7) is 3.72. The monoisotopic (exact) mass is 438 g/mol. The zero-order valence-corrected chi connectivity index (χ0v) is 18.2. The van der Waals surface area contributed by atoms with E-state index < -0.39 is 11.8 Å². The van der Waals surface area contributed by atoms with Gasteiger partial charge in [-0.2, -0.15) is 5.10 Å². The predicted octanol–water partition coefficient (Wildman–Crippen LogP) is 2.06. The molecule has 1 aliphatic rings. The summed E-state index contributed by atoms with van der Waals surface area (Å²) in [5.41, 5.74) is 5.61. The van der Waals surface area contributed by atoms with E-state index in [0.29, 0.717) is 17.1 Å². The molecule has 0 heterocycles. The van der Waals surface area contributed by atoms with Crippen LogP contribution >= 0.6 is 0 Å². The summed E-state index contributed by atoms with van der Waals surface area (Å²) in [5, 5.41) is 9.18. The average Bonchev–Trinajstić information content (AvgIpc) is 3.58. The molecule has 0 radical (unpaired) electrons. The number of benzene rings is 2. The third-order valence-electron chi connectivity index (χ3n) is 4.70. The first-order chi connectivity index (χ1) is 15.4. The normalized spacial score (nSPS) is 12.8. The van der Waals surface area contributed by atoms with Crippen LogP contribution in [0.2, 0.25) is 0 Å². The zero-order chi connectivity index (χ0) is 23.1. The maximum absolute atomic E-state index is 12.2. The molecule has 9 nitrogen and oxygen atoms in total. The van der Waals surface area contributed by atoms with Crippen LogP contribution in [0.25, 0.3) is 0 Å². The highest BCUT2D eigenvalue weighted by Crippen LogP contribution is 2.27. The Labute approximate surface area is 186 Å². The number of hydrogen-bond acceptors (Lipinski definition) is 6. The van der Waals surface area contributed by atoms with Crippen molar-refractivity contribution in [3.05, 3.63) is 53.1 Å². The quantitative estimate of drug-likeness (QED) is 0.331. The Morgan fingerprint density at radius 3 is 2.53 bits per heavy atom. The van der Waals surface area contributed by atoms with E-state index in [0.717, 1.165) is 29.7 Å². The first kappa shape index (κ1) is 22.8. The number of hydrogen-bond donors (Lipinski definition) is 3. The van der Waals surface area contributed by atoms with Crippen molar-refractivity contribution in [2.75, 3.05) is 19.0 Å². The van der Waals surface area contributed by atoms with Crippen LogP contribution in [0.5, 0.6) is 11.5 Å². The van der Waals surface area contributed by atoms with Gasteiger partial charge in [-0.1, -0.05) is 17.7 Å². The molecule has 1 aliphatic carbocycles. The Kier molecular flexibility index (Phi) is 7.43. The molecule has 0 unspecified atom stereocenters. The number of amides is 3. The molecular formula is C23H26N4O5. The number of methoxy groups -OCH3 is 1. The summed E-state index contributed by atoms with van der Waals surface area (Å²) in [6.07, 6.45) is 3.16. The highest BCUT2D eigenvalue weighted by Gasteiger charge is 2.26. The molecule has 168 valence electrons. The minimum atomic E-state index is -0.824. The topological polar surface area (TPSA) is 118 Å². The van der Waals surface area contributed by atoms with Gasteiger partial charge in [0, 0.05) is 11.7 Å². The lowest BCUT2D eigenvalue weighted by Crippen LogP contribution is -2.38. The largest absolute Gasteiger partial charge is 0.493 e. The van der Waals surface area contributed by atoms with Gasteiger partial charge in [0.2, 0.25) is 0 Å². The van der Waals surface area contributed by atoms with Crippen LogP contribution in [0.4, 0.5) is 5.69 Å². The second-order valence-electron chi connectivity index (χ2n) is 7.51. The summed E-state index contributed by atoms with van der Waals surface area (Å²) in [5.74, 6) is -1.05. The van der Waals surface area contributed by atoms with Crippen LogP contribution in [0.3, 0.4) is 0 Å². The number of nitrogens with zero attached hydrogens (tertiary/aromatic N) is 1. The molecule has 2 aromatic carbocycles. The van der Waals surface area contributed by atoms with Crippen molar-refractivity contribution in [3.63, 3.8) is 0 Å². The van der Waals surface area contributed by atoms with Crippen molar-refractivity contribution < 1.29 is 23.9 Å². The maximum Gasteiger partial charge on any atom is 0.329 e. The van der Waals surface area contributed by atoms with Gasteiger partial charge >= 0.3 is 11.8 Å². The van der Waals surface area contributed by atoms with Crippen LogP contribution in [0.15, 0.2) is 41.5 Å². The summed E-state index contributed by atoms with van der Waals surface area (Å²) >= 11 is 0. The fourth-order valence-electron chi connectivity index (χ4n) is 2.86. The van der Waals surface area contributed by atoms with E-state index in [-0.39, 0.29) is 18.6 Å². The van der Waals surface area contributed by atoms with E-state index in [1.807, 2.05) is 32.0 Å². The molecule has 3 rings (SSSR count).